The van der Waals surface area contributed by atoms with Crippen LogP contribution in [0.2, 0.25) is 0 Å². The largest absolute Gasteiger partial charge is 0.501 e. The summed E-state index contributed by atoms with van der Waals surface area (Å²) in [5, 5.41) is 2.71. The number of nitrogen functional groups attached to an aromatic ring is 1. The van der Waals surface area contributed by atoms with Crippen molar-refractivity contribution in [3.05, 3.63) is 89.0 Å². The highest BCUT2D eigenvalue weighted by atomic mass is 19.1. The average Bonchev–Trinajstić information content (AvgIpc) is 2.70. The number of carbonyl (C=O) groups is 1. The third-order valence-corrected chi connectivity index (χ3v) is 4.45. The van der Waals surface area contributed by atoms with Gasteiger partial charge in [0.1, 0.15) is 5.82 Å². The van der Waals surface area contributed by atoms with Gasteiger partial charge < -0.3 is 21.5 Å². The van der Waals surface area contributed by atoms with E-state index in [2.05, 4.69) is 11.9 Å². The number of rotatable bonds is 10. The van der Waals surface area contributed by atoms with Gasteiger partial charge in [0.25, 0.3) is 5.91 Å². The zero-order chi connectivity index (χ0) is 22.7. The standard InChI is InChI=1S/C24H32FN3O2/c1-6-8-16(3)10-11-22(26)20-13-19(21(25)14-23(20)27)15-28-24(29)18(9-7-2)12-17(4)30-5/h6-10,12-14,22H,2,11,15,26-27H2,1,3-5H3,(H,28,29)/b8-6-,16-10+,17-12+,18-9+. The van der Waals surface area contributed by atoms with Crippen LogP contribution in [-0.4, -0.2) is 13.0 Å². The van der Waals surface area contributed by atoms with Crippen LogP contribution in [0.4, 0.5) is 10.1 Å². The van der Waals surface area contributed by atoms with Crippen LogP contribution >= 0.6 is 0 Å². The van der Waals surface area contributed by atoms with Crippen molar-refractivity contribution in [2.75, 3.05) is 12.8 Å². The molecule has 0 bridgehead atoms. The van der Waals surface area contributed by atoms with E-state index in [4.69, 9.17) is 16.2 Å². The molecule has 0 aliphatic heterocycles. The van der Waals surface area contributed by atoms with Gasteiger partial charge in [-0.1, -0.05) is 36.5 Å². The molecule has 0 fully saturated rings. The molecule has 0 saturated carbocycles. The molecular weight excluding hydrogens is 381 g/mol. The van der Waals surface area contributed by atoms with E-state index in [1.165, 1.54) is 19.3 Å². The highest BCUT2D eigenvalue weighted by Crippen LogP contribution is 2.25. The number of hydrogen-bond donors (Lipinski definition) is 3. The maximum atomic E-state index is 14.4. The van der Waals surface area contributed by atoms with E-state index >= 15 is 0 Å². The van der Waals surface area contributed by atoms with Crippen LogP contribution in [0.1, 0.15) is 44.4 Å². The molecule has 1 unspecified atom stereocenters. The first-order valence-corrected chi connectivity index (χ1v) is 9.69. The second-order valence-corrected chi connectivity index (χ2v) is 6.86. The summed E-state index contributed by atoms with van der Waals surface area (Å²) in [4.78, 5) is 12.5. The van der Waals surface area contributed by atoms with Crippen LogP contribution in [0, 0.1) is 5.82 Å². The molecule has 6 heteroatoms. The Morgan fingerprint density at radius 2 is 2.07 bits per heavy atom. The number of halogens is 1. The van der Waals surface area contributed by atoms with Crippen molar-refractivity contribution in [3.8, 4) is 0 Å². The van der Waals surface area contributed by atoms with E-state index in [0.29, 0.717) is 28.9 Å². The Labute approximate surface area is 178 Å². The topological polar surface area (TPSA) is 90.4 Å². The van der Waals surface area contributed by atoms with Crippen molar-refractivity contribution in [1.29, 1.82) is 0 Å². The molecule has 0 heterocycles. The van der Waals surface area contributed by atoms with Gasteiger partial charge >= 0.3 is 0 Å². The Kier molecular flexibility index (Phi) is 10.3. The molecule has 1 aromatic rings. The second-order valence-electron chi connectivity index (χ2n) is 6.86. The first kappa shape index (κ1) is 24.9. The van der Waals surface area contributed by atoms with Crippen LogP contribution in [0.25, 0.3) is 0 Å². The van der Waals surface area contributed by atoms with E-state index in [9.17, 15) is 9.18 Å². The molecule has 1 aromatic carbocycles. The van der Waals surface area contributed by atoms with Gasteiger partial charge in [-0.2, -0.15) is 0 Å². The van der Waals surface area contributed by atoms with Gasteiger partial charge in [0.15, 0.2) is 0 Å². The minimum Gasteiger partial charge on any atom is -0.501 e. The number of methoxy groups -OCH3 is 1. The lowest BCUT2D eigenvalue weighted by Crippen LogP contribution is -2.25. The fourth-order valence-electron chi connectivity index (χ4n) is 2.75. The summed E-state index contributed by atoms with van der Waals surface area (Å²) >= 11 is 0. The van der Waals surface area contributed by atoms with E-state index in [0.717, 1.165) is 5.57 Å². The molecule has 5 N–H and O–H groups in total. The molecule has 30 heavy (non-hydrogen) atoms. The van der Waals surface area contributed by atoms with Crippen LogP contribution in [-0.2, 0) is 16.1 Å². The average molecular weight is 414 g/mol. The molecule has 0 spiro atoms. The lowest BCUT2D eigenvalue weighted by atomic mass is 9.98. The summed E-state index contributed by atoms with van der Waals surface area (Å²) in [6.07, 6.45) is 11.1. The van der Waals surface area contributed by atoms with Crippen molar-refractivity contribution >= 4 is 11.6 Å². The van der Waals surface area contributed by atoms with Gasteiger partial charge in [-0.25, -0.2) is 4.39 Å². The highest BCUT2D eigenvalue weighted by molar-refractivity contribution is 5.96. The first-order chi connectivity index (χ1) is 14.2. The van der Waals surface area contributed by atoms with E-state index in [1.54, 1.807) is 25.1 Å². The zero-order valence-corrected chi connectivity index (χ0v) is 18.2. The lowest BCUT2D eigenvalue weighted by molar-refractivity contribution is -0.117. The van der Waals surface area contributed by atoms with Crippen LogP contribution in [0.15, 0.2) is 72.1 Å². The van der Waals surface area contributed by atoms with Gasteiger partial charge in [0, 0.05) is 29.4 Å². The van der Waals surface area contributed by atoms with Crippen molar-refractivity contribution in [1.82, 2.24) is 5.32 Å². The maximum absolute atomic E-state index is 14.4. The summed E-state index contributed by atoms with van der Waals surface area (Å²) in [6, 6.07) is 2.47. The molecule has 0 saturated heterocycles. The monoisotopic (exact) mass is 413 g/mol. The maximum Gasteiger partial charge on any atom is 0.251 e. The summed E-state index contributed by atoms with van der Waals surface area (Å²) in [5.41, 5.74) is 14.9. The number of carbonyl (C=O) groups excluding carboxylic acids is 1. The van der Waals surface area contributed by atoms with Crippen LogP contribution in [0.3, 0.4) is 0 Å². The third kappa shape index (κ3) is 7.72. The smallest absolute Gasteiger partial charge is 0.251 e. The quantitative estimate of drug-likeness (QED) is 0.226. The molecule has 5 nitrogen and oxygen atoms in total. The van der Waals surface area contributed by atoms with Crippen molar-refractivity contribution < 1.29 is 13.9 Å². The van der Waals surface area contributed by atoms with Gasteiger partial charge in [-0.15, -0.1) is 0 Å². The van der Waals surface area contributed by atoms with Gasteiger partial charge in [0.2, 0.25) is 0 Å². The first-order valence-electron chi connectivity index (χ1n) is 9.69. The summed E-state index contributed by atoms with van der Waals surface area (Å²) in [5.74, 6) is -0.313. The number of allylic oxidation sites excluding steroid dienone is 6. The van der Waals surface area contributed by atoms with E-state index in [-0.39, 0.29) is 24.2 Å². The number of nitrogens with one attached hydrogen (secondary N) is 1. The van der Waals surface area contributed by atoms with Gasteiger partial charge in [-0.3, -0.25) is 4.79 Å². The van der Waals surface area contributed by atoms with Crippen LogP contribution < -0.4 is 16.8 Å². The Balaban J connectivity index is 3.01. The number of hydrogen-bond acceptors (Lipinski definition) is 4. The molecule has 1 amide bonds. The molecule has 1 rings (SSSR count). The Morgan fingerprint density at radius 3 is 2.67 bits per heavy atom. The minimum absolute atomic E-state index is 0.00748. The molecule has 0 aliphatic carbocycles. The number of anilines is 1. The molecular formula is C24H32FN3O2. The normalized spacial score (nSPS) is 14.0. The number of benzene rings is 1. The van der Waals surface area contributed by atoms with E-state index in [1.807, 2.05) is 32.1 Å². The lowest BCUT2D eigenvalue weighted by Gasteiger charge is -2.16. The fourth-order valence-corrected chi connectivity index (χ4v) is 2.75. The van der Waals surface area contributed by atoms with Crippen molar-refractivity contribution in [2.45, 2.75) is 39.8 Å². The Morgan fingerprint density at radius 1 is 1.37 bits per heavy atom. The van der Waals surface area contributed by atoms with Crippen LogP contribution in [0.5, 0.6) is 0 Å². The van der Waals surface area contributed by atoms with Gasteiger partial charge in [-0.05, 0) is 57.0 Å². The fraction of sp³-hybridized carbons (Fsp3) is 0.292. The van der Waals surface area contributed by atoms with E-state index < -0.39 is 5.82 Å². The van der Waals surface area contributed by atoms with Gasteiger partial charge in [0.05, 0.1) is 12.9 Å². The minimum atomic E-state index is -0.498. The summed E-state index contributed by atoms with van der Waals surface area (Å²) < 4.78 is 19.5. The molecule has 0 radical (unpaired) electrons. The highest BCUT2D eigenvalue weighted by Gasteiger charge is 2.15. The van der Waals surface area contributed by atoms with Crippen molar-refractivity contribution in [2.24, 2.45) is 5.73 Å². The Bertz CT molecular complexity index is 883. The number of amides is 1. The molecule has 0 aliphatic rings. The third-order valence-electron chi connectivity index (χ3n) is 4.45. The Hall–Kier alpha value is -3.12. The number of nitrogens with two attached hydrogens (primary N) is 2. The number of ether oxygens (including phenoxy) is 1. The molecule has 1 atom stereocenters. The predicted octanol–water partition coefficient (Wildman–Crippen LogP) is 4.60. The zero-order valence-electron chi connectivity index (χ0n) is 18.2. The predicted molar refractivity (Wildman–Crippen MR) is 122 cm³/mol. The second kappa shape index (κ2) is 12.4. The molecule has 162 valence electrons. The molecule has 0 aromatic heterocycles. The summed E-state index contributed by atoms with van der Waals surface area (Å²) in [7, 11) is 1.51. The summed E-state index contributed by atoms with van der Waals surface area (Å²) in [6.45, 7) is 9.25. The van der Waals surface area contributed by atoms with Crippen molar-refractivity contribution in [3.63, 3.8) is 0 Å². The SMILES string of the molecule is C=C/C=C(\C=C(/C)OC)C(=O)NCc1cc(C(N)C/C=C(C)/C=C\C)c(N)cc1F.